The summed E-state index contributed by atoms with van der Waals surface area (Å²) in [6, 6.07) is 0. The molecule has 7 atom stereocenters. The Morgan fingerprint density at radius 3 is 2.70 bits per heavy atom. The maximum absolute atomic E-state index is 4.36. The van der Waals surface area contributed by atoms with Gasteiger partial charge in [-0.25, -0.2) is 0 Å². The maximum atomic E-state index is 4.36. The first kappa shape index (κ1) is 20.8. The zero-order chi connectivity index (χ0) is 21.1. The molecule has 0 amide bonds. The molecule has 0 saturated heterocycles. The molecule has 0 spiro atoms. The number of rotatable bonds is 5. The summed E-state index contributed by atoms with van der Waals surface area (Å²) in [6.45, 7) is 12.7. The van der Waals surface area contributed by atoms with E-state index in [-0.39, 0.29) is 0 Å². The van der Waals surface area contributed by atoms with Gasteiger partial charge >= 0.3 is 0 Å². The van der Waals surface area contributed by atoms with Crippen molar-refractivity contribution in [3.8, 4) is 0 Å². The second-order valence-electron chi connectivity index (χ2n) is 12.5. The van der Waals surface area contributed by atoms with Gasteiger partial charge in [-0.1, -0.05) is 59.5 Å². The Morgan fingerprint density at radius 1 is 1.07 bits per heavy atom. The van der Waals surface area contributed by atoms with E-state index in [0.717, 1.165) is 35.5 Å². The van der Waals surface area contributed by atoms with Gasteiger partial charge in [-0.05, 0) is 103 Å². The van der Waals surface area contributed by atoms with Crippen molar-refractivity contribution in [2.75, 3.05) is 0 Å². The van der Waals surface area contributed by atoms with Gasteiger partial charge in [-0.2, -0.15) is 5.10 Å². The Balaban J connectivity index is 1.34. The molecule has 0 aliphatic heterocycles. The second kappa shape index (κ2) is 7.52. The average molecular weight is 409 g/mol. The third kappa shape index (κ3) is 3.15. The number of allylic oxidation sites excluding steroid dienone is 1. The molecule has 0 bridgehead atoms. The predicted octanol–water partition coefficient (Wildman–Crippen LogP) is 7.67. The third-order valence-corrected chi connectivity index (χ3v) is 10.6. The molecule has 1 aromatic heterocycles. The number of H-pyrrole nitrogens is 1. The molecule has 5 rings (SSSR count). The van der Waals surface area contributed by atoms with Gasteiger partial charge in [0.1, 0.15) is 0 Å². The topological polar surface area (TPSA) is 28.7 Å². The normalized spacial score (nSPS) is 40.9. The molecular formula is C28H44N2. The summed E-state index contributed by atoms with van der Waals surface area (Å²) in [4.78, 5) is 0. The molecule has 0 unspecified atom stereocenters. The Hall–Kier alpha value is -1.05. The molecule has 1 heterocycles. The van der Waals surface area contributed by atoms with E-state index >= 15 is 0 Å². The first-order valence-corrected chi connectivity index (χ1v) is 13.1. The van der Waals surface area contributed by atoms with Crippen LogP contribution in [0.5, 0.6) is 0 Å². The van der Waals surface area contributed by atoms with Crippen LogP contribution in [0, 0.1) is 46.3 Å². The van der Waals surface area contributed by atoms with Crippen LogP contribution in [-0.4, -0.2) is 10.2 Å². The van der Waals surface area contributed by atoms with Crippen molar-refractivity contribution >= 4 is 6.08 Å². The third-order valence-electron chi connectivity index (χ3n) is 10.6. The van der Waals surface area contributed by atoms with Crippen molar-refractivity contribution in [2.45, 2.75) is 98.8 Å². The number of hydrogen-bond donors (Lipinski definition) is 1. The van der Waals surface area contributed by atoms with E-state index in [4.69, 9.17) is 0 Å². The van der Waals surface area contributed by atoms with Crippen LogP contribution in [0.15, 0.2) is 11.8 Å². The minimum absolute atomic E-state index is 0.377. The van der Waals surface area contributed by atoms with Gasteiger partial charge in [0.15, 0.2) is 0 Å². The molecule has 2 nitrogen and oxygen atoms in total. The van der Waals surface area contributed by atoms with E-state index in [1.54, 1.807) is 5.57 Å². The van der Waals surface area contributed by atoms with E-state index in [9.17, 15) is 0 Å². The standard InChI is InChI=1S/C28H44N2/c1-18(2)7-6-8-19(3)23-11-12-24-22-10-9-21-15-26-20(17-29-30-26)16-28(21,5)25(22)13-14-27(23,24)4/h15,17-19,22-25H,6-14,16H2,1-5H3,(H,29,30)/t19-,22+,23-,24+,25+,27-,28+/m1/s1. The molecule has 3 saturated carbocycles. The van der Waals surface area contributed by atoms with Gasteiger partial charge in [0.05, 0.1) is 11.9 Å². The van der Waals surface area contributed by atoms with Crippen molar-refractivity contribution in [3.63, 3.8) is 0 Å². The van der Waals surface area contributed by atoms with Crippen LogP contribution in [0.2, 0.25) is 0 Å². The predicted molar refractivity (Wildman–Crippen MR) is 126 cm³/mol. The average Bonchev–Trinajstić information content (AvgIpc) is 3.28. The molecule has 4 aliphatic rings. The molecule has 1 N–H and O–H groups in total. The fraction of sp³-hybridized carbons (Fsp3) is 0.821. The number of nitrogens with zero attached hydrogens (tertiary/aromatic N) is 1. The monoisotopic (exact) mass is 408 g/mol. The molecule has 166 valence electrons. The molecule has 3 fully saturated rings. The van der Waals surface area contributed by atoms with E-state index in [1.807, 2.05) is 0 Å². The zero-order valence-corrected chi connectivity index (χ0v) is 20.1. The molecule has 0 aromatic carbocycles. The molecule has 1 aromatic rings. The Kier molecular flexibility index (Phi) is 5.22. The second-order valence-corrected chi connectivity index (χ2v) is 12.5. The van der Waals surface area contributed by atoms with E-state index in [0.29, 0.717) is 10.8 Å². The van der Waals surface area contributed by atoms with Crippen LogP contribution >= 0.6 is 0 Å². The van der Waals surface area contributed by atoms with Gasteiger partial charge < -0.3 is 0 Å². The number of nitrogens with one attached hydrogen (secondary N) is 1. The molecule has 2 heteroatoms. The van der Waals surface area contributed by atoms with Crippen molar-refractivity contribution in [1.82, 2.24) is 10.2 Å². The lowest BCUT2D eigenvalue weighted by Gasteiger charge is -2.58. The summed E-state index contributed by atoms with van der Waals surface area (Å²) >= 11 is 0. The van der Waals surface area contributed by atoms with Gasteiger partial charge in [0.2, 0.25) is 0 Å². The van der Waals surface area contributed by atoms with Gasteiger partial charge in [-0.3, -0.25) is 5.10 Å². The summed E-state index contributed by atoms with van der Waals surface area (Å²) in [5.74, 6) is 5.54. The highest BCUT2D eigenvalue weighted by Gasteiger charge is 2.59. The molecule has 0 radical (unpaired) electrons. The Morgan fingerprint density at radius 2 is 1.90 bits per heavy atom. The van der Waals surface area contributed by atoms with E-state index in [1.165, 1.54) is 75.5 Å². The summed E-state index contributed by atoms with van der Waals surface area (Å²) in [7, 11) is 0. The highest BCUT2D eigenvalue weighted by atomic mass is 15.1. The zero-order valence-electron chi connectivity index (χ0n) is 20.1. The number of aromatic nitrogens is 2. The molecule has 30 heavy (non-hydrogen) atoms. The molecular weight excluding hydrogens is 364 g/mol. The highest BCUT2D eigenvalue weighted by molar-refractivity contribution is 5.58. The minimum Gasteiger partial charge on any atom is -0.278 e. The van der Waals surface area contributed by atoms with Gasteiger partial charge in [0, 0.05) is 0 Å². The van der Waals surface area contributed by atoms with Gasteiger partial charge in [-0.15, -0.1) is 0 Å². The van der Waals surface area contributed by atoms with Crippen LogP contribution in [0.1, 0.15) is 104 Å². The number of fused-ring (bicyclic) bond motifs is 6. The largest absolute Gasteiger partial charge is 0.278 e. The van der Waals surface area contributed by atoms with Crippen molar-refractivity contribution in [1.29, 1.82) is 0 Å². The van der Waals surface area contributed by atoms with Crippen LogP contribution in [0.25, 0.3) is 6.08 Å². The van der Waals surface area contributed by atoms with Gasteiger partial charge in [0.25, 0.3) is 0 Å². The highest BCUT2D eigenvalue weighted by Crippen LogP contribution is 2.67. The van der Waals surface area contributed by atoms with Crippen LogP contribution in [-0.2, 0) is 6.42 Å². The van der Waals surface area contributed by atoms with Crippen molar-refractivity contribution in [3.05, 3.63) is 23.0 Å². The SMILES string of the molecule is CC(C)CCC[C@@H](C)[C@H]1CC[C@H]2[C@@H]3CCC4=Cc5[nH]ncc5C[C@]4(C)[C@H]3CC[C@]12C. The lowest BCUT2D eigenvalue weighted by Crippen LogP contribution is -2.51. The van der Waals surface area contributed by atoms with E-state index in [2.05, 4.69) is 57.1 Å². The Labute approximate surface area is 184 Å². The summed E-state index contributed by atoms with van der Waals surface area (Å²) in [5.41, 5.74) is 5.45. The summed E-state index contributed by atoms with van der Waals surface area (Å²) < 4.78 is 0. The van der Waals surface area contributed by atoms with Crippen LogP contribution < -0.4 is 0 Å². The smallest absolute Gasteiger partial charge is 0.0609 e. The van der Waals surface area contributed by atoms with Crippen molar-refractivity contribution in [2.24, 2.45) is 46.3 Å². The fourth-order valence-corrected chi connectivity index (χ4v) is 8.99. The maximum Gasteiger partial charge on any atom is 0.0609 e. The summed E-state index contributed by atoms with van der Waals surface area (Å²) in [5, 5.41) is 7.59. The summed E-state index contributed by atoms with van der Waals surface area (Å²) in [6.07, 6.45) is 18.7. The minimum atomic E-state index is 0.377. The Bertz CT molecular complexity index is 803. The van der Waals surface area contributed by atoms with Crippen LogP contribution in [0.4, 0.5) is 0 Å². The molecule has 4 aliphatic carbocycles. The van der Waals surface area contributed by atoms with Crippen LogP contribution in [0.3, 0.4) is 0 Å². The quantitative estimate of drug-likeness (QED) is 0.532. The number of aromatic amines is 1. The van der Waals surface area contributed by atoms with E-state index < -0.39 is 0 Å². The fourth-order valence-electron chi connectivity index (χ4n) is 8.99. The van der Waals surface area contributed by atoms with Crippen molar-refractivity contribution < 1.29 is 0 Å². The lowest BCUT2D eigenvalue weighted by molar-refractivity contribution is -0.0550. The first-order chi connectivity index (χ1) is 14.3. The lowest BCUT2D eigenvalue weighted by atomic mass is 9.46. The number of hydrogen-bond acceptors (Lipinski definition) is 1. The first-order valence-electron chi connectivity index (χ1n) is 13.1.